The molecule has 2 rings (SSSR count). The lowest BCUT2D eigenvalue weighted by molar-refractivity contribution is -0.130. The van der Waals surface area contributed by atoms with Crippen molar-refractivity contribution in [1.82, 2.24) is 10.2 Å². The minimum atomic E-state index is -0.0405. The average Bonchev–Trinajstić information content (AvgIpc) is 2.72. The molecule has 2 heterocycles. The molecule has 1 fully saturated rings. The fourth-order valence-corrected chi connectivity index (χ4v) is 2.76. The molecule has 0 unspecified atom stereocenters. The molecule has 0 saturated carbocycles. The molecule has 0 aromatic carbocycles. The molecule has 92 valence electrons. The summed E-state index contributed by atoms with van der Waals surface area (Å²) in [6.45, 7) is 3.39. The minimum absolute atomic E-state index is 0.00213. The van der Waals surface area contributed by atoms with Crippen molar-refractivity contribution in [2.24, 2.45) is 0 Å². The van der Waals surface area contributed by atoms with E-state index in [1.807, 2.05) is 0 Å². The predicted octanol–water partition coefficient (Wildman–Crippen LogP) is 1.16. The summed E-state index contributed by atoms with van der Waals surface area (Å²) in [7, 11) is 0. The largest absolute Gasteiger partial charge is 0.347 e. The Morgan fingerprint density at radius 3 is 2.82 bits per heavy atom. The first-order valence-corrected chi connectivity index (χ1v) is 6.62. The first kappa shape index (κ1) is 12.1. The van der Waals surface area contributed by atoms with Gasteiger partial charge in [0.15, 0.2) is 0 Å². The first-order chi connectivity index (χ1) is 8.19. The minimum Gasteiger partial charge on any atom is -0.347 e. The van der Waals surface area contributed by atoms with Gasteiger partial charge in [0.1, 0.15) is 0 Å². The van der Waals surface area contributed by atoms with Gasteiger partial charge in [-0.25, -0.2) is 0 Å². The quantitative estimate of drug-likeness (QED) is 0.877. The van der Waals surface area contributed by atoms with Gasteiger partial charge in [0.05, 0.1) is 13.1 Å². The lowest BCUT2D eigenvalue weighted by Crippen LogP contribution is -2.34. The molecular formula is C12H16N2O2S. The zero-order valence-corrected chi connectivity index (χ0v) is 10.7. The lowest BCUT2D eigenvalue weighted by Gasteiger charge is -2.18. The van der Waals surface area contributed by atoms with Crippen LogP contribution in [-0.4, -0.2) is 29.8 Å². The average molecular weight is 252 g/mol. The molecule has 2 amide bonds. The summed E-state index contributed by atoms with van der Waals surface area (Å²) in [6.07, 6.45) is 1.43. The number of nitrogens with zero attached hydrogens (tertiary/aromatic N) is 1. The van der Waals surface area contributed by atoms with Crippen molar-refractivity contribution >= 4 is 23.2 Å². The molecule has 4 nitrogen and oxygen atoms in total. The highest BCUT2D eigenvalue weighted by molar-refractivity contribution is 7.11. The van der Waals surface area contributed by atoms with E-state index in [9.17, 15) is 9.59 Å². The van der Waals surface area contributed by atoms with Gasteiger partial charge >= 0.3 is 0 Å². The van der Waals surface area contributed by atoms with Gasteiger partial charge in [0.2, 0.25) is 11.8 Å². The number of carbonyl (C=O) groups excluding carboxylic acids is 2. The Kier molecular flexibility index (Phi) is 3.78. The second-order valence-electron chi connectivity index (χ2n) is 4.06. The van der Waals surface area contributed by atoms with Gasteiger partial charge in [0.25, 0.3) is 0 Å². The third-order valence-corrected chi connectivity index (χ3v) is 4.03. The Morgan fingerprint density at radius 2 is 2.12 bits per heavy atom. The molecule has 1 aliphatic heterocycles. The molecule has 5 heteroatoms. The number of hydrogen-bond donors (Lipinski definition) is 1. The molecule has 1 aromatic rings. The van der Waals surface area contributed by atoms with E-state index in [0.717, 1.165) is 6.42 Å². The Hall–Kier alpha value is -1.36. The van der Waals surface area contributed by atoms with Gasteiger partial charge in [-0.05, 0) is 18.6 Å². The molecule has 0 spiro atoms. The number of thiophene rings is 1. The van der Waals surface area contributed by atoms with Crippen LogP contribution in [-0.2, 0) is 22.6 Å². The fourth-order valence-electron chi connectivity index (χ4n) is 1.79. The Bertz CT molecular complexity index is 428. The number of carbonyl (C=O) groups is 2. The van der Waals surface area contributed by atoms with Gasteiger partial charge in [-0.3, -0.25) is 9.59 Å². The van der Waals surface area contributed by atoms with Crippen LogP contribution in [0.25, 0.3) is 0 Å². The number of amides is 2. The second kappa shape index (κ2) is 5.31. The third kappa shape index (κ3) is 3.06. The second-order valence-corrected chi connectivity index (χ2v) is 5.32. The van der Waals surface area contributed by atoms with Crippen molar-refractivity contribution < 1.29 is 9.59 Å². The van der Waals surface area contributed by atoms with Crippen LogP contribution in [0.3, 0.4) is 0 Å². The van der Waals surface area contributed by atoms with Crippen molar-refractivity contribution in [2.75, 3.05) is 13.1 Å². The summed E-state index contributed by atoms with van der Waals surface area (Å²) >= 11 is 1.74. The van der Waals surface area contributed by atoms with Gasteiger partial charge in [-0.1, -0.05) is 6.92 Å². The van der Waals surface area contributed by atoms with E-state index >= 15 is 0 Å². The zero-order chi connectivity index (χ0) is 12.3. The third-order valence-electron chi connectivity index (χ3n) is 2.81. The summed E-state index contributed by atoms with van der Waals surface area (Å²) in [5, 5.41) is 2.60. The molecule has 0 bridgehead atoms. The van der Waals surface area contributed by atoms with E-state index in [1.165, 1.54) is 9.75 Å². The highest BCUT2D eigenvalue weighted by atomic mass is 32.1. The summed E-state index contributed by atoms with van der Waals surface area (Å²) in [4.78, 5) is 27.2. The molecule has 1 saturated heterocycles. The Morgan fingerprint density at radius 1 is 1.35 bits per heavy atom. The highest BCUT2D eigenvalue weighted by Crippen LogP contribution is 2.19. The predicted molar refractivity (Wildman–Crippen MR) is 66.7 cm³/mol. The molecule has 0 aliphatic carbocycles. The summed E-state index contributed by atoms with van der Waals surface area (Å²) in [5.41, 5.74) is 0. The first-order valence-electron chi connectivity index (χ1n) is 5.81. The normalized spacial score (nSPS) is 16.9. The molecular weight excluding hydrogens is 236 g/mol. The van der Waals surface area contributed by atoms with Crippen LogP contribution in [0, 0.1) is 0 Å². The SMILES string of the molecule is CCc1ccc(CN2CCC(=O)NCC2=O)s1. The summed E-state index contributed by atoms with van der Waals surface area (Å²) < 4.78 is 0. The van der Waals surface area contributed by atoms with Crippen LogP contribution in [0.1, 0.15) is 23.1 Å². The van der Waals surface area contributed by atoms with Crippen molar-refractivity contribution in [3.8, 4) is 0 Å². The Labute approximate surface area is 105 Å². The van der Waals surface area contributed by atoms with E-state index < -0.39 is 0 Å². The maximum atomic E-state index is 11.8. The Balaban J connectivity index is 2.01. The molecule has 0 radical (unpaired) electrons. The van der Waals surface area contributed by atoms with Crippen LogP contribution in [0.2, 0.25) is 0 Å². The standard InChI is InChI=1S/C12H16N2O2S/c1-2-9-3-4-10(17-9)8-14-6-5-11(15)13-7-12(14)16/h3-4H,2,5-8H2,1H3,(H,13,15). The number of hydrogen-bond acceptors (Lipinski definition) is 3. The number of aryl methyl sites for hydroxylation is 1. The van der Waals surface area contributed by atoms with Crippen LogP contribution in [0.15, 0.2) is 12.1 Å². The summed E-state index contributed by atoms with van der Waals surface area (Å²) in [6, 6.07) is 4.17. The van der Waals surface area contributed by atoms with Crippen molar-refractivity contribution in [2.45, 2.75) is 26.3 Å². The topological polar surface area (TPSA) is 49.4 Å². The van der Waals surface area contributed by atoms with Crippen LogP contribution in [0.4, 0.5) is 0 Å². The monoisotopic (exact) mass is 252 g/mol. The lowest BCUT2D eigenvalue weighted by atomic mass is 10.3. The number of rotatable bonds is 3. The number of nitrogens with one attached hydrogen (secondary N) is 1. The fraction of sp³-hybridized carbons (Fsp3) is 0.500. The van der Waals surface area contributed by atoms with Crippen molar-refractivity contribution in [3.05, 3.63) is 21.9 Å². The smallest absolute Gasteiger partial charge is 0.242 e. The highest BCUT2D eigenvalue weighted by Gasteiger charge is 2.20. The van der Waals surface area contributed by atoms with E-state index in [4.69, 9.17) is 0 Å². The molecule has 0 atom stereocenters. The van der Waals surface area contributed by atoms with Crippen molar-refractivity contribution in [3.63, 3.8) is 0 Å². The van der Waals surface area contributed by atoms with Gasteiger partial charge < -0.3 is 10.2 Å². The van der Waals surface area contributed by atoms with Crippen LogP contribution >= 0.6 is 11.3 Å². The molecule has 1 aromatic heterocycles. The maximum Gasteiger partial charge on any atom is 0.242 e. The van der Waals surface area contributed by atoms with E-state index in [1.54, 1.807) is 16.2 Å². The van der Waals surface area contributed by atoms with E-state index in [-0.39, 0.29) is 18.4 Å². The van der Waals surface area contributed by atoms with Gasteiger partial charge in [0, 0.05) is 22.7 Å². The van der Waals surface area contributed by atoms with Crippen LogP contribution < -0.4 is 5.32 Å². The van der Waals surface area contributed by atoms with Crippen LogP contribution in [0.5, 0.6) is 0 Å². The zero-order valence-electron chi connectivity index (χ0n) is 9.86. The summed E-state index contributed by atoms with van der Waals surface area (Å²) in [5.74, 6) is -0.0384. The van der Waals surface area contributed by atoms with E-state index in [2.05, 4.69) is 24.4 Å². The molecule has 1 N–H and O–H groups in total. The molecule has 17 heavy (non-hydrogen) atoms. The van der Waals surface area contributed by atoms with E-state index in [0.29, 0.717) is 19.5 Å². The maximum absolute atomic E-state index is 11.8. The van der Waals surface area contributed by atoms with Gasteiger partial charge in [-0.2, -0.15) is 0 Å². The van der Waals surface area contributed by atoms with Gasteiger partial charge in [-0.15, -0.1) is 11.3 Å². The van der Waals surface area contributed by atoms with Crippen molar-refractivity contribution in [1.29, 1.82) is 0 Å². The molecule has 1 aliphatic rings.